The minimum atomic E-state index is -1.34. The standard InChI is InChI=1S/C36H53N3O10/c1-3-5-7-14-35(15-8-6-4-2)47-29-27-23-36(34(44)38-16-12-28(42)37-17-18-40)31(33(43)46-27)39(49-32(36)30(29)48-35)24-26-11-9-10-25(22-26)13-20-45-21-19-41/h9-11,13,20,22,27,29-32,40-41H,3-8,12,14-19,21,23-24H2,1-2H3,(H,37,42)(H,38,44)/t27-,29+,30+,31-,32-,36-/m1/s1. The molecule has 5 rings (SSSR count). The summed E-state index contributed by atoms with van der Waals surface area (Å²) < 4.78 is 25.1. The normalized spacial score (nSPS) is 28.3. The number of esters is 1. The van der Waals surface area contributed by atoms with Crippen molar-refractivity contribution in [2.75, 3.05) is 32.9 Å². The second-order valence-corrected chi connectivity index (χ2v) is 13.4. The van der Waals surface area contributed by atoms with E-state index in [1.165, 1.54) is 6.26 Å². The SMILES string of the molecule is CCCCCC1(CCCCC)O[C@@H]2[C@H](O1)[C@H]1ON(Cc3cccc(C=COCCO)c3)[C@@H]3C(=O)O[C@@H]2C[C@]13C(=O)NCCC(=O)NCCO. The quantitative estimate of drug-likeness (QED) is 0.0905. The van der Waals surface area contributed by atoms with Gasteiger partial charge in [0.25, 0.3) is 0 Å². The van der Waals surface area contributed by atoms with Crippen LogP contribution in [-0.2, 0) is 44.7 Å². The summed E-state index contributed by atoms with van der Waals surface area (Å²) in [4.78, 5) is 47.3. The van der Waals surface area contributed by atoms with Crippen LogP contribution in [0.1, 0.15) is 89.2 Å². The third-order valence-corrected chi connectivity index (χ3v) is 9.92. The van der Waals surface area contributed by atoms with Crippen LogP contribution >= 0.6 is 0 Å². The van der Waals surface area contributed by atoms with Crippen molar-refractivity contribution in [2.45, 2.75) is 121 Å². The van der Waals surface area contributed by atoms with Gasteiger partial charge in [-0.05, 0) is 30.0 Å². The van der Waals surface area contributed by atoms with Gasteiger partial charge in [0.05, 0.1) is 26.0 Å². The van der Waals surface area contributed by atoms with Gasteiger partial charge in [-0.2, -0.15) is 5.06 Å². The van der Waals surface area contributed by atoms with Crippen molar-refractivity contribution in [1.82, 2.24) is 15.7 Å². The zero-order valence-electron chi connectivity index (χ0n) is 28.8. The maximum atomic E-state index is 14.4. The summed E-state index contributed by atoms with van der Waals surface area (Å²) >= 11 is 0. The first-order chi connectivity index (χ1) is 23.8. The first-order valence-electron chi connectivity index (χ1n) is 17.9. The minimum Gasteiger partial charge on any atom is -0.499 e. The number of nitrogens with one attached hydrogen (secondary N) is 2. The summed E-state index contributed by atoms with van der Waals surface area (Å²) in [7, 11) is 0. The molecule has 1 aromatic carbocycles. The third kappa shape index (κ3) is 8.29. The van der Waals surface area contributed by atoms with E-state index in [2.05, 4.69) is 24.5 Å². The lowest BCUT2D eigenvalue weighted by Gasteiger charge is -2.48. The Kier molecular flexibility index (Phi) is 13.1. The van der Waals surface area contributed by atoms with E-state index in [0.717, 1.165) is 49.7 Å². The van der Waals surface area contributed by atoms with Gasteiger partial charge >= 0.3 is 5.97 Å². The molecule has 1 saturated carbocycles. The molecule has 3 aliphatic heterocycles. The number of rotatable bonds is 20. The fourth-order valence-electron chi connectivity index (χ4n) is 7.66. The number of hydroxylamine groups is 2. The summed E-state index contributed by atoms with van der Waals surface area (Å²) in [6, 6.07) is 6.58. The predicted octanol–water partition coefficient (Wildman–Crippen LogP) is 2.72. The molecule has 0 aromatic heterocycles. The number of carbonyl (C=O) groups excluding carboxylic acids is 3. The maximum absolute atomic E-state index is 14.4. The highest BCUT2D eigenvalue weighted by molar-refractivity contribution is 5.93. The van der Waals surface area contributed by atoms with E-state index in [1.807, 2.05) is 24.3 Å². The maximum Gasteiger partial charge on any atom is 0.327 e. The van der Waals surface area contributed by atoms with Gasteiger partial charge < -0.3 is 39.8 Å². The molecule has 0 spiro atoms. The number of hydrogen-bond acceptors (Lipinski definition) is 11. The van der Waals surface area contributed by atoms with Crippen molar-refractivity contribution < 1.29 is 48.4 Å². The lowest BCUT2D eigenvalue weighted by molar-refractivity contribution is -0.224. The average Bonchev–Trinajstić information content (AvgIpc) is 3.64. The van der Waals surface area contributed by atoms with Crippen LogP contribution in [0, 0.1) is 5.41 Å². The highest BCUT2D eigenvalue weighted by Gasteiger charge is 2.76. The zero-order valence-corrected chi connectivity index (χ0v) is 28.8. The molecular formula is C36H53N3O10. The number of aliphatic hydroxyl groups excluding tert-OH is 2. The molecule has 0 unspecified atom stereocenters. The fourth-order valence-corrected chi connectivity index (χ4v) is 7.66. The Balaban J connectivity index is 1.44. The topological polar surface area (TPSA) is 165 Å². The van der Waals surface area contributed by atoms with E-state index in [-0.39, 0.29) is 58.2 Å². The van der Waals surface area contributed by atoms with E-state index in [0.29, 0.717) is 12.8 Å². The molecular weight excluding hydrogens is 634 g/mol. The van der Waals surface area contributed by atoms with Crippen molar-refractivity contribution >= 4 is 23.9 Å². The molecule has 4 N–H and O–H groups in total. The van der Waals surface area contributed by atoms with E-state index in [4.69, 9.17) is 34.0 Å². The largest absolute Gasteiger partial charge is 0.499 e. The van der Waals surface area contributed by atoms with Crippen LogP contribution in [-0.4, -0.2) is 102 Å². The molecule has 272 valence electrons. The lowest BCUT2D eigenvalue weighted by atomic mass is 9.62. The van der Waals surface area contributed by atoms with Gasteiger partial charge in [0.1, 0.15) is 36.4 Å². The Labute approximate surface area is 288 Å². The molecule has 4 fully saturated rings. The summed E-state index contributed by atoms with van der Waals surface area (Å²) in [6.45, 7) is 4.59. The lowest BCUT2D eigenvalue weighted by Crippen LogP contribution is -2.69. The van der Waals surface area contributed by atoms with E-state index >= 15 is 0 Å². The van der Waals surface area contributed by atoms with Crippen molar-refractivity contribution in [1.29, 1.82) is 0 Å². The molecule has 3 saturated heterocycles. The van der Waals surface area contributed by atoms with Crippen LogP contribution in [0.5, 0.6) is 0 Å². The average molecular weight is 688 g/mol. The number of hydrogen-bond donors (Lipinski definition) is 4. The summed E-state index contributed by atoms with van der Waals surface area (Å²) in [5.41, 5.74) is 0.342. The van der Waals surface area contributed by atoms with Crippen LogP contribution in [0.4, 0.5) is 0 Å². The second kappa shape index (κ2) is 17.2. The third-order valence-electron chi connectivity index (χ3n) is 9.92. The van der Waals surface area contributed by atoms with Crippen molar-refractivity contribution in [3.63, 3.8) is 0 Å². The molecule has 2 amide bonds. The van der Waals surface area contributed by atoms with Gasteiger partial charge in [0.2, 0.25) is 11.8 Å². The van der Waals surface area contributed by atoms with Gasteiger partial charge in [-0.15, -0.1) is 0 Å². The predicted molar refractivity (Wildman–Crippen MR) is 178 cm³/mol. The van der Waals surface area contributed by atoms with Crippen molar-refractivity contribution in [3.05, 3.63) is 41.7 Å². The molecule has 13 heteroatoms. The summed E-state index contributed by atoms with van der Waals surface area (Å²) in [5, 5.41) is 25.1. The molecule has 13 nitrogen and oxygen atoms in total. The van der Waals surface area contributed by atoms with Gasteiger partial charge in [-0.3, -0.25) is 19.2 Å². The Morgan fingerprint density at radius 1 is 1.02 bits per heavy atom. The monoisotopic (exact) mass is 687 g/mol. The molecule has 1 aromatic rings. The Bertz CT molecular complexity index is 1300. The van der Waals surface area contributed by atoms with Crippen LogP contribution in [0.2, 0.25) is 0 Å². The first-order valence-corrected chi connectivity index (χ1v) is 17.9. The molecule has 6 atom stereocenters. The number of fused-ring (bicyclic) bond motifs is 4. The Hall–Kier alpha value is -3.07. The zero-order chi connectivity index (χ0) is 34.9. The molecule has 2 bridgehead atoms. The smallest absolute Gasteiger partial charge is 0.327 e. The highest BCUT2D eigenvalue weighted by atomic mass is 16.8. The number of benzene rings is 1. The van der Waals surface area contributed by atoms with Crippen LogP contribution in [0.3, 0.4) is 0 Å². The number of ether oxygens (including phenoxy) is 4. The van der Waals surface area contributed by atoms with Crippen molar-refractivity contribution in [3.8, 4) is 0 Å². The van der Waals surface area contributed by atoms with Crippen LogP contribution < -0.4 is 10.6 Å². The molecule has 3 heterocycles. The van der Waals surface area contributed by atoms with Gasteiger partial charge in [0, 0.05) is 38.8 Å². The number of unbranched alkanes of at least 4 members (excludes halogenated alkanes) is 4. The van der Waals surface area contributed by atoms with E-state index in [1.54, 1.807) is 11.1 Å². The van der Waals surface area contributed by atoms with Crippen molar-refractivity contribution in [2.24, 2.45) is 5.41 Å². The van der Waals surface area contributed by atoms with Gasteiger partial charge in [0.15, 0.2) is 11.8 Å². The molecule has 0 radical (unpaired) electrons. The Morgan fingerprint density at radius 2 is 1.78 bits per heavy atom. The molecule has 49 heavy (non-hydrogen) atoms. The first kappa shape index (κ1) is 37.2. The van der Waals surface area contributed by atoms with Gasteiger partial charge in [-0.1, -0.05) is 63.8 Å². The van der Waals surface area contributed by atoms with Crippen LogP contribution in [0.15, 0.2) is 30.5 Å². The number of amides is 2. The number of nitrogens with zero attached hydrogens (tertiary/aromatic N) is 1. The van der Waals surface area contributed by atoms with E-state index in [9.17, 15) is 14.4 Å². The van der Waals surface area contributed by atoms with E-state index < -0.39 is 53.5 Å². The molecule has 1 aliphatic carbocycles. The fraction of sp³-hybridized carbons (Fsp3) is 0.694. The number of carbonyl (C=O) groups is 3. The summed E-state index contributed by atoms with van der Waals surface area (Å²) in [6.07, 6.45) is 8.15. The van der Waals surface area contributed by atoms with Crippen LogP contribution in [0.25, 0.3) is 6.08 Å². The molecule has 4 aliphatic rings. The highest BCUT2D eigenvalue weighted by Crippen LogP contribution is 2.58. The van der Waals surface area contributed by atoms with Gasteiger partial charge in [-0.25, -0.2) is 0 Å². The Morgan fingerprint density at radius 3 is 2.49 bits per heavy atom. The second-order valence-electron chi connectivity index (χ2n) is 13.4. The summed E-state index contributed by atoms with van der Waals surface area (Å²) in [5.74, 6) is -2.11. The number of aliphatic hydroxyl groups is 2. The minimum absolute atomic E-state index is 0.0154.